The minimum atomic E-state index is -3.15. The quantitative estimate of drug-likeness (QED) is 0.893. The maximum atomic E-state index is 12.0. The molecular formula is C12H20N4O2S2. The Hall–Kier alpha value is -1.02. The molecule has 1 aromatic heterocycles. The second kappa shape index (κ2) is 5.77. The second-order valence-electron chi connectivity index (χ2n) is 4.87. The first-order valence-corrected chi connectivity index (χ1v) is 9.51. The number of aromatic nitrogens is 2. The van der Waals surface area contributed by atoms with Gasteiger partial charge in [-0.2, -0.15) is 11.8 Å². The van der Waals surface area contributed by atoms with Crippen LogP contribution >= 0.6 is 11.8 Å². The van der Waals surface area contributed by atoms with Gasteiger partial charge in [0.2, 0.25) is 0 Å². The molecule has 8 heteroatoms. The van der Waals surface area contributed by atoms with E-state index in [0.717, 1.165) is 23.0 Å². The van der Waals surface area contributed by atoms with Crippen LogP contribution in [0.1, 0.15) is 11.4 Å². The summed E-state index contributed by atoms with van der Waals surface area (Å²) in [6.45, 7) is 4.42. The summed E-state index contributed by atoms with van der Waals surface area (Å²) in [7, 11) is -1.34. The van der Waals surface area contributed by atoms with Gasteiger partial charge in [-0.1, -0.05) is 0 Å². The van der Waals surface area contributed by atoms with Crippen molar-refractivity contribution >= 4 is 33.2 Å². The number of nitrogens with zero attached hydrogens (tertiary/aromatic N) is 3. The first-order valence-electron chi connectivity index (χ1n) is 6.41. The van der Waals surface area contributed by atoms with E-state index in [1.165, 1.54) is 6.26 Å². The van der Waals surface area contributed by atoms with E-state index >= 15 is 0 Å². The molecule has 0 spiro atoms. The molecule has 1 N–H and O–H groups in total. The topological polar surface area (TPSA) is 75.2 Å². The van der Waals surface area contributed by atoms with Crippen LogP contribution in [0.25, 0.3) is 0 Å². The molecule has 1 aliphatic heterocycles. The molecule has 0 amide bonds. The Balaban J connectivity index is 2.50. The summed E-state index contributed by atoms with van der Waals surface area (Å²) < 4.78 is 24.0. The maximum Gasteiger partial charge on any atom is 0.169 e. The van der Waals surface area contributed by atoms with Crippen LogP contribution in [0.5, 0.6) is 0 Å². The van der Waals surface area contributed by atoms with Crippen LogP contribution < -0.4 is 10.2 Å². The predicted octanol–water partition coefficient (Wildman–Crippen LogP) is 1.06. The van der Waals surface area contributed by atoms with E-state index in [0.29, 0.717) is 18.1 Å². The molecule has 0 aliphatic carbocycles. The number of hydrogen-bond acceptors (Lipinski definition) is 7. The lowest BCUT2D eigenvalue weighted by molar-refractivity contribution is 0.583. The third-order valence-corrected chi connectivity index (χ3v) is 5.96. The average Bonchev–Trinajstić information content (AvgIpc) is 2.40. The van der Waals surface area contributed by atoms with Crippen LogP contribution in [-0.2, 0) is 9.84 Å². The predicted molar refractivity (Wildman–Crippen MR) is 84.4 cm³/mol. The molecule has 1 saturated heterocycles. The monoisotopic (exact) mass is 316 g/mol. The second-order valence-corrected chi connectivity index (χ2v) is 8.22. The van der Waals surface area contributed by atoms with Crippen molar-refractivity contribution in [1.82, 2.24) is 9.97 Å². The maximum absolute atomic E-state index is 12.0. The van der Waals surface area contributed by atoms with Gasteiger partial charge < -0.3 is 10.2 Å². The summed E-state index contributed by atoms with van der Waals surface area (Å²) >= 11 is 1.67. The Kier molecular flexibility index (Phi) is 4.43. The van der Waals surface area contributed by atoms with E-state index < -0.39 is 15.2 Å². The van der Waals surface area contributed by atoms with Gasteiger partial charge in [-0.15, -0.1) is 0 Å². The van der Waals surface area contributed by atoms with Crippen LogP contribution in [-0.4, -0.2) is 55.1 Å². The van der Waals surface area contributed by atoms with Gasteiger partial charge >= 0.3 is 0 Å². The van der Waals surface area contributed by atoms with Crippen LogP contribution in [0.15, 0.2) is 0 Å². The Labute approximate surface area is 124 Å². The number of anilines is 2. The molecule has 2 heterocycles. The molecule has 1 atom stereocenters. The van der Waals surface area contributed by atoms with Crippen LogP contribution in [0.3, 0.4) is 0 Å². The first-order chi connectivity index (χ1) is 9.34. The van der Waals surface area contributed by atoms with E-state index in [1.807, 2.05) is 18.7 Å². The van der Waals surface area contributed by atoms with Gasteiger partial charge in [-0.05, 0) is 13.8 Å². The third-order valence-electron chi connectivity index (χ3n) is 3.32. The van der Waals surface area contributed by atoms with Crippen molar-refractivity contribution in [2.45, 2.75) is 19.2 Å². The number of rotatable bonds is 3. The molecular weight excluding hydrogens is 296 g/mol. The molecule has 20 heavy (non-hydrogen) atoms. The fourth-order valence-corrected chi connectivity index (χ4v) is 5.13. The van der Waals surface area contributed by atoms with Gasteiger partial charge in [0, 0.05) is 36.9 Å². The minimum absolute atomic E-state index is 0.515. The molecule has 6 nitrogen and oxygen atoms in total. The van der Waals surface area contributed by atoms with Gasteiger partial charge in [0.25, 0.3) is 0 Å². The van der Waals surface area contributed by atoms with Gasteiger partial charge in [-0.25, -0.2) is 18.4 Å². The van der Waals surface area contributed by atoms with E-state index in [2.05, 4.69) is 15.3 Å². The molecule has 1 unspecified atom stereocenters. The molecule has 2 rings (SSSR count). The number of thioether (sulfide) groups is 1. The minimum Gasteiger partial charge on any atom is -0.373 e. The number of aryl methyl sites for hydroxylation is 1. The highest BCUT2D eigenvalue weighted by Crippen LogP contribution is 2.30. The summed E-state index contributed by atoms with van der Waals surface area (Å²) in [5, 5.41) is 2.52. The SMILES string of the molecule is CNc1nc(C)nc(N2CCSCC2S(C)(=O)=O)c1C. The number of sulfone groups is 1. The van der Waals surface area contributed by atoms with Crippen molar-refractivity contribution in [3.63, 3.8) is 0 Å². The fourth-order valence-electron chi connectivity index (χ4n) is 2.31. The molecule has 1 fully saturated rings. The van der Waals surface area contributed by atoms with E-state index in [4.69, 9.17) is 0 Å². The standard InChI is InChI=1S/C12H20N4O2S2/c1-8-11(13-3)14-9(2)15-12(8)16-5-6-19-7-10(16)20(4,17)18/h10H,5-7H2,1-4H3,(H,13,14,15). The van der Waals surface area contributed by atoms with Gasteiger partial charge in [-0.3, -0.25) is 0 Å². The Bertz CT molecular complexity index is 604. The van der Waals surface area contributed by atoms with Gasteiger partial charge in [0.05, 0.1) is 0 Å². The zero-order valence-electron chi connectivity index (χ0n) is 12.2. The summed E-state index contributed by atoms with van der Waals surface area (Å²) in [6.07, 6.45) is 1.29. The zero-order valence-corrected chi connectivity index (χ0v) is 13.8. The lowest BCUT2D eigenvalue weighted by atomic mass is 10.2. The molecule has 0 bridgehead atoms. The van der Waals surface area contributed by atoms with Crippen LogP contribution in [0.4, 0.5) is 11.6 Å². The van der Waals surface area contributed by atoms with Crippen molar-refractivity contribution in [2.75, 3.05) is 41.6 Å². The number of hydrogen-bond donors (Lipinski definition) is 1. The van der Waals surface area contributed by atoms with E-state index in [1.54, 1.807) is 18.8 Å². The first kappa shape index (κ1) is 15.4. The summed E-state index contributed by atoms with van der Waals surface area (Å²) in [6, 6.07) is 0. The molecule has 0 aromatic carbocycles. The number of nitrogens with one attached hydrogen (secondary N) is 1. The molecule has 0 saturated carbocycles. The Morgan fingerprint density at radius 1 is 1.35 bits per heavy atom. The zero-order chi connectivity index (χ0) is 14.9. The van der Waals surface area contributed by atoms with Crippen molar-refractivity contribution in [3.8, 4) is 0 Å². The van der Waals surface area contributed by atoms with Crippen molar-refractivity contribution in [2.24, 2.45) is 0 Å². The average molecular weight is 316 g/mol. The third kappa shape index (κ3) is 3.01. The molecule has 1 aromatic rings. The van der Waals surface area contributed by atoms with Crippen LogP contribution in [0, 0.1) is 13.8 Å². The lowest BCUT2D eigenvalue weighted by Gasteiger charge is -2.36. The summed E-state index contributed by atoms with van der Waals surface area (Å²) in [5.41, 5.74) is 0.888. The van der Waals surface area contributed by atoms with E-state index in [-0.39, 0.29) is 0 Å². The summed E-state index contributed by atoms with van der Waals surface area (Å²) in [4.78, 5) is 10.7. The Morgan fingerprint density at radius 2 is 2.05 bits per heavy atom. The largest absolute Gasteiger partial charge is 0.373 e. The highest BCUT2D eigenvalue weighted by molar-refractivity contribution is 8.01. The molecule has 1 aliphatic rings. The normalized spacial score (nSPS) is 20.0. The highest BCUT2D eigenvalue weighted by atomic mass is 32.2. The molecule has 112 valence electrons. The van der Waals surface area contributed by atoms with Gasteiger partial charge in [0.15, 0.2) is 9.84 Å². The van der Waals surface area contributed by atoms with Crippen molar-refractivity contribution in [3.05, 3.63) is 11.4 Å². The highest BCUT2D eigenvalue weighted by Gasteiger charge is 2.33. The van der Waals surface area contributed by atoms with Gasteiger partial charge in [0.1, 0.15) is 22.8 Å². The lowest BCUT2D eigenvalue weighted by Crippen LogP contribution is -2.47. The Morgan fingerprint density at radius 3 is 2.65 bits per heavy atom. The van der Waals surface area contributed by atoms with Crippen molar-refractivity contribution < 1.29 is 8.42 Å². The summed E-state index contributed by atoms with van der Waals surface area (Å²) in [5.74, 6) is 3.59. The van der Waals surface area contributed by atoms with Crippen LogP contribution in [0.2, 0.25) is 0 Å². The smallest absolute Gasteiger partial charge is 0.169 e. The molecule has 0 radical (unpaired) electrons. The van der Waals surface area contributed by atoms with E-state index in [9.17, 15) is 8.42 Å². The van der Waals surface area contributed by atoms with Crippen molar-refractivity contribution in [1.29, 1.82) is 0 Å². The fraction of sp³-hybridized carbons (Fsp3) is 0.667.